The monoisotopic (exact) mass is 242 g/mol. The van der Waals surface area contributed by atoms with Gasteiger partial charge < -0.3 is 9.53 Å². The van der Waals surface area contributed by atoms with E-state index in [4.69, 9.17) is 4.43 Å². The molecule has 0 aromatic rings. The van der Waals surface area contributed by atoms with Gasteiger partial charge >= 0.3 is 0 Å². The molecule has 0 aliphatic carbocycles. The fourth-order valence-electron chi connectivity index (χ4n) is 1.09. The molecule has 0 aliphatic heterocycles. The Morgan fingerprint density at radius 3 is 2.19 bits per heavy atom. The minimum atomic E-state index is -1.78. The molecule has 0 spiro atoms. The third kappa shape index (κ3) is 4.69. The van der Waals surface area contributed by atoms with Gasteiger partial charge in [0, 0.05) is 6.42 Å². The summed E-state index contributed by atoms with van der Waals surface area (Å²) in [6.45, 7) is 14.7. The fraction of sp³-hybridized carbons (Fsp3) is 0.846. The van der Waals surface area contributed by atoms with E-state index in [2.05, 4.69) is 45.7 Å². The third-order valence-electron chi connectivity index (χ3n) is 3.32. The van der Waals surface area contributed by atoms with Gasteiger partial charge in [-0.2, -0.15) is 0 Å². The van der Waals surface area contributed by atoms with Gasteiger partial charge in [0.1, 0.15) is 0 Å². The highest BCUT2D eigenvalue weighted by atomic mass is 28.4. The summed E-state index contributed by atoms with van der Waals surface area (Å²) in [6.07, 6.45) is -0.130. The maximum Gasteiger partial charge on any atom is 0.192 e. The molecule has 0 radical (unpaired) electrons. The van der Waals surface area contributed by atoms with Crippen molar-refractivity contribution in [2.24, 2.45) is 0 Å². The molecule has 0 fully saturated rings. The lowest BCUT2D eigenvalue weighted by Crippen LogP contribution is -2.46. The molecule has 0 unspecified atom stereocenters. The number of hydrogen-bond acceptors (Lipinski definition) is 2. The zero-order valence-electron chi connectivity index (χ0n) is 11.7. The molecule has 0 heterocycles. The molecule has 2 nitrogen and oxygen atoms in total. The van der Waals surface area contributed by atoms with Crippen molar-refractivity contribution in [2.75, 3.05) is 0 Å². The highest BCUT2D eigenvalue weighted by Gasteiger charge is 2.39. The molecule has 3 heteroatoms. The van der Waals surface area contributed by atoms with E-state index in [9.17, 15) is 5.11 Å². The summed E-state index contributed by atoms with van der Waals surface area (Å²) in [5, 5.41) is 10.1. The minimum Gasteiger partial charge on any atom is -0.412 e. The van der Waals surface area contributed by atoms with Crippen LogP contribution in [0.1, 0.15) is 41.0 Å². The molecule has 0 aromatic carbocycles. The summed E-state index contributed by atoms with van der Waals surface area (Å²) in [4.78, 5) is 0. The summed E-state index contributed by atoms with van der Waals surface area (Å²) >= 11 is 0. The standard InChI is InChI=1S/C13H26O2Si/c1-8-9-10-12(14)11(2)15-16(6,7)13(3,4)5/h11-12,14H,10H2,1-7H3/t11-,12+/m1/s1. The third-order valence-corrected chi connectivity index (χ3v) is 7.89. The van der Waals surface area contributed by atoms with Crippen molar-refractivity contribution in [2.45, 2.75) is 71.4 Å². The Kier molecular flexibility index (Phi) is 5.75. The van der Waals surface area contributed by atoms with Gasteiger partial charge in [-0.15, -0.1) is 11.8 Å². The molecule has 0 aromatic heterocycles. The Balaban J connectivity index is 4.42. The van der Waals surface area contributed by atoms with Crippen molar-refractivity contribution in [1.82, 2.24) is 0 Å². The topological polar surface area (TPSA) is 29.5 Å². The summed E-state index contributed by atoms with van der Waals surface area (Å²) in [7, 11) is -1.78. The van der Waals surface area contributed by atoms with Crippen LogP contribution in [0.5, 0.6) is 0 Å². The van der Waals surface area contributed by atoms with E-state index in [1.165, 1.54) is 0 Å². The average Bonchev–Trinajstić information content (AvgIpc) is 2.11. The Labute approximate surface area is 102 Å². The molecule has 0 aliphatic rings. The van der Waals surface area contributed by atoms with Crippen molar-refractivity contribution in [3.63, 3.8) is 0 Å². The van der Waals surface area contributed by atoms with Crippen LogP contribution in [0.15, 0.2) is 0 Å². The van der Waals surface area contributed by atoms with Crippen molar-refractivity contribution in [1.29, 1.82) is 0 Å². The lowest BCUT2D eigenvalue weighted by molar-refractivity contribution is 0.0423. The molecule has 0 saturated carbocycles. The van der Waals surface area contributed by atoms with Crippen LogP contribution in [0, 0.1) is 11.8 Å². The second-order valence-electron chi connectivity index (χ2n) is 5.78. The van der Waals surface area contributed by atoms with Crippen molar-refractivity contribution in [3.8, 4) is 11.8 Å². The fourth-order valence-corrected chi connectivity index (χ4v) is 2.53. The van der Waals surface area contributed by atoms with E-state index in [1.807, 2.05) is 6.92 Å². The molecule has 16 heavy (non-hydrogen) atoms. The molecule has 0 amide bonds. The van der Waals surface area contributed by atoms with Gasteiger partial charge in [0.2, 0.25) is 0 Å². The van der Waals surface area contributed by atoms with Crippen LogP contribution in [-0.4, -0.2) is 25.6 Å². The first-order chi connectivity index (χ1) is 7.12. The summed E-state index contributed by atoms with van der Waals surface area (Å²) in [5.74, 6) is 5.68. The minimum absolute atomic E-state index is 0.137. The highest BCUT2D eigenvalue weighted by molar-refractivity contribution is 6.74. The lowest BCUT2D eigenvalue weighted by Gasteiger charge is -2.39. The van der Waals surface area contributed by atoms with E-state index in [1.54, 1.807) is 6.92 Å². The van der Waals surface area contributed by atoms with Crippen LogP contribution in [0.25, 0.3) is 0 Å². The van der Waals surface area contributed by atoms with Crippen LogP contribution in [-0.2, 0) is 4.43 Å². The molecule has 94 valence electrons. The molecular weight excluding hydrogens is 216 g/mol. The molecular formula is C13H26O2Si. The molecule has 0 rings (SSSR count). The second kappa shape index (κ2) is 5.86. The Morgan fingerprint density at radius 1 is 1.31 bits per heavy atom. The highest BCUT2D eigenvalue weighted by Crippen LogP contribution is 2.37. The van der Waals surface area contributed by atoms with E-state index in [0.717, 1.165) is 0 Å². The molecule has 2 atom stereocenters. The zero-order chi connectivity index (χ0) is 13.0. The number of aliphatic hydroxyl groups is 1. The van der Waals surface area contributed by atoms with Crippen molar-refractivity contribution in [3.05, 3.63) is 0 Å². The van der Waals surface area contributed by atoms with Gasteiger partial charge in [0.15, 0.2) is 8.32 Å². The van der Waals surface area contributed by atoms with Crippen LogP contribution in [0.2, 0.25) is 18.1 Å². The summed E-state index contributed by atoms with van der Waals surface area (Å²) in [6, 6.07) is 0. The Morgan fingerprint density at radius 2 is 1.81 bits per heavy atom. The van der Waals surface area contributed by atoms with Crippen molar-refractivity contribution >= 4 is 8.32 Å². The van der Waals surface area contributed by atoms with Crippen LogP contribution >= 0.6 is 0 Å². The van der Waals surface area contributed by atoms with Crippen LogP contribution in [0.3, 0.4) is 0 Å². The first-order valence-electron chi connectivity index (χ1n) is 5.87. The maximum absolute atomic E-state index is 9.87. The normalized spacial score (nSPS) is 16.2. The predicted octanol–water partition coefficient (Wildman–Crippen LogP) is 3.17. The average molecular weight is 242 g/mol. The molecule has 0 bridgehead atoms. The SMILES string of the molecule is CC#CC[C@H](O)[C@@H](C)O[Si](C)(C)C(C)(C)C. The first-order valence-corrected chi connectivity index (χ1v) is 8.78. The van der Waals surface area contributed by atoms with E-state index in [0.29, 0.717) is 6.42 Å². The van der Waals surface area contributed by atoms with E-state index >= 15 is 0 Å². The molecule has 1 N–H and O–H groups in total. The smallest absolute Gasteiger partial charge is 0.192 e. The zero-order valence-corrected chi connectivity index (χ0v) is 12.7. The number of rotatable bonds is 4. The van der Waals surface area contributed by atoms with Gasteiger partial charge in [-0.05, 0) is 32.0 Å². The number of hydrogen-bond donors (Lipinski definition) is 1. The van der Waals surface area contributed by atoms with Gasteiger partial charge in [-0.1, -0.05) is 20.8 Å². The Bertz CT molecular complexity index is 268. The van der Waals surface area contributed by atoms with Crippen molar-refractivity contribution < 1.29 is 9.53 Å². The van der Waals surface area contributed by atoms with Crippen LogP contribution in [0.4, 0.5) is 0 Å². The van der Waals surface area contributed by atoms with Gasteiger partial charge in [0.05, 0.1) is 12.2 Å². The predicted molar refractivity (Wildman–Crippen MR) is 71.8 cm³/mol. The van der Waals surface area contributed by atoms with Gasteiger partial charge in [0.25, 0.3) is 0 Å². The van der Waals surface area contributed by atoms with E-state index in [-0.39, 0.29) is 11.1 Å². The Hall–Kier alpha value is -0.303. The van der Waals surface area contributed by atoms with Gasteiger partial charge in [-0.25, -0.2) is 0 Å². The summed E-state index contributed by atoms with van der Waals surface area (Å²) in [5.41, 5.74) is 0. The first kappa shape index (κ1) is 15.7. The maximum atomic E-state index is 9.87. The summed E-state index contributed by atoms with van der Waals surface area (Å²) < 4.78 is 6.08. The van der Waals surface area contributed by atoms with E-state index < -0.39 is 14.4 Å². The van der Waals surface area contributed by atoms with Gasteiger partial charge in [-0.3, -0.25) is 0 Å². The second-order valence-corrected chi connectivity index (χ2v) is 10.5. The quantitative estimate of drug-likeness (QED) is 0.606. The molecule has 0 saturated heterocycles. The van der Waals surface area contributed by atoms with Crippen LogP contribution < -0.4 is 0 Å². The largest absolute Gasteiger partial charge is 0.412 e. The lowest BCUT2D eigenvalue weighted by atomic mass is 10.2. The number of aliphatic hydroxyl groups excluding tert-OH is 1.